The summed E-state index contributed by atoms with van der Waals surface area (Å²) in [6.45, 7) is 16.7. The Labute approximate surface area is 204 Å². The second-order valence-corrected chi connectivity index (χ2v) is 11.2. The Hall–Kier alpha value is -3.20. The summed E-state index contributed by atoms with van der Waals surface area (Å²) >= 11 is 0. The Balaban J connectivity index is 1.96. The van der Waals surface area contributed by atoms with E-state index in [2.05, 4.69) is 60.6 Å². The second kappa shape index (κ2) is 9.58. The zero-order chi connectivity index (χ0) is 25.3. The zero-order valence-corrected chi connectivity index (χ0v) is 21.7. The van der Waals surface area contributed by atoms with Crippen LogP contribution in [0.15, 0.2) is 66.7 Å². The van der Waals surface area contributed by atoms with E-state index in [1.54, 1.807) is 24.3 Å². The van der Waals surface area contributed by atoms with Crippen molar-refractivity contribution in [2.75, 3.05) is 0 Å². The summed E-state index contributed by atoms with van der Waals surface area (Å²) in [5.74, 6) is -0.264. The minimum Gasteiger partial charge on any atom is -0.425 e. The lowest BCUT2D eigenvalue weighted by Gasteiger charge is -2.30. The number of hydrogen-bond acceptors (Lipinski definition) is 3. The van der Waals surface area contributed by atoms with Crippen LogP contribution in [0, 0.1) is 6.92 Å². The van der Waals surface area contributed by atoms with Gasteiger partial charge in [-0.3, -0.25) is 9.59 Å². The van der Waals surface area contributed by atoms with Crippen molar-refractivity contribution in [3.05, 3.63) is 100 Å². The average molecular weight is 457 g/mol. The van der Waals surface area contributed by atoms with Crippen LogP contribution < -0.4 is 4.74 Å². The number of ketones is 1. The van der Waals surface area contributed by atoms with Crippen molar-refractivity contribution in [3.63, 3.8) is 0 Å². The predicted molar refractivity (Wildman–Crippen MR) is 139 cm³/mol. The molecule has 1 unspecified atom stereocenters. The van der Waals surface area contributed by atoms with Gasteiger partial charge < -0.3 is 4.74 Å². The quantitative estimate of drug-likeness (QED) is 0.226. The number of rotatable bonds is 5. The van der Waals surface area contributed by atoms with E-state index in [1.165, 1.54) is 0 Å². The molecule has 1 atom stereocenters. The molecule has 0 saturated heterocycles. The van der Waals surface area contributed by atoms with Crippen LogP contribution in [-0.2, 0) is 15.6 Å². The highest BCUT2D eigenvalue weighted by Crippen LogP contribution is 2.41. The molecule has 0 aliphatic carbocycles. The summed E-state index contributed by atoms with van der Waals surface area (Å²) < 4.78 is 6.16. The summed E-state index contributed by atoms with van der Waals surface area (Å²) in [6, 6.07) is 20.7. The Morgan fingerprint density at radius 2 is 1.26 bits per heavy atom. The van der Waals surface area contributed by atoms with E-state index >= 15 is 0 Å². The lowest BCUT2D eigenvalue weighted by atomic mass is 9.78. The summed E-state index contributed by atoms with van der Waals surface area (Å²) in [7, 11) is 0. The highest BCUT2D eigenvalue weighted by molar-refractivity contribution is 6.09. The lowest BCUT2D eigenvalue weighted by Crippen LogP contribution is -2.24. The first-order valence-corrected chi connectivity index (χ1v) is 11.9. The molecule has 3 nitrogen and oxygen atoms in total. The van der Waals surface area contributed by atoms with Gasteiger partial charge in [0.1, 0.15) is 5.75 Å². The standard InChI is InChI=1S/C31H36O3/c1-20-17-25(30(3,4)5)28(26(18-20)31(6,7)8)34-29(33)21(2)23-15-12-16-24(19-23)27(32)22-13-10-9-11-14-22/h9-19,21H,1-8H3. The molecule has 3 heteroatoms. The number of benzene rings is 3. The van der Waals surface area contributed by atoms with Crippen LogP contribution in [0.2, 0.25) is 0 Å². The molecule has 0 radical (unpaired) electrons. The molecule has 0 bridgehead atoms. The Bertz CT molecular complexity index is 1160. The van der Waals surface area contributed by atoms with Crippen molar-refractivity contribution in [3.8, 4) is 5.75 Å². The van der Waals surface area contributed by atoms with Crippen molar-refractivity contribution in [2.45, 2.75) is 72.1 Å². The van der Waals surface area contributed by atoms with Gasteiger partial charge in [-0.2, -0.15) is 0 Å². The van der Waals surface area contributed by atoms with Gasteiger partial charge in [0.15, 0.2) is 5.78 Å². The van der Waals surface area contributed by atoms with Crippen LogP contribution in [0.3, 0.4) is 0 Å². The topological polar surface area (TPSA) is 43.4 Å². The summed E-state index contributed by atoms with van der Waals surface area (Å²) in [5.41, 5.74) is 4.75. The molecule has 0 aromatic heterocycles. The van der Waals surface area contributed by atoms with Crippen molar-refractivity contribution >= 4 is 11.8 Å². The van der Waals surface area contributed by atoms with Crippen LogP contribution in [0.5, 0.6) is 5.75 Å². The van der Waals surface area contributed by atoms with Crippen LogP contribution >= 0.6 is 0 Å². The maximum atomic E-state index is 13.4. The van der Waals surface area contributed by atoms with Crippen molar-refractivity contribution in [2.24, 2.45) is 0 Å². The SMILES string of the molecule is Cc1cc(C(C)(C)C)c(OC(=O)C(C)c2cccc(C(=O)c3ccccc3)c2)c(C(C)(C)C)c1. The smallest absolute Gasteiger partial charge is 0.318 e. The van der Waals surface area contributed by atoms with Crippen LogP contribution in [0.25, 0.3) is 0 Å². The van der Waals surface area contributed by atoms with Gasteiger partial charge in [0, 0.05) is 22.3 Å². The van der Waals surface area contributed by atoms with E-state index in [0.29, 0.717) is 16.9 Å². The van der Waals surface area contributed by atoms with Gasteiger partial charge in [-0.15, -0.1) is 0 Å². The van der Waals surface area contributed by atoms with Gasteiger partial charge in [-0.05, 0) is 36.3 Å². The molecule has 0 N–H and O–H groups in total. The van der Waals surface area contributed by atoms with Gasteiger partial charge in [-0.25, -0.2) is 0 Å². The maximum Gasteiger partial charge on any atom is 0.318 e. The summed E-state index contributed by atoms with van der Waals surface area (Å²) in [4.78, 5) is 26.3. The number of esters is 1. The molecule has 3 aromatic carbocycles. The van der Waals surface area contributed by atoms with E-state index in [9.17, 15) is 9.59 Å². The molecule has 34 heavy (non-hydrogen) atoms. The minimum atomic E-state index is -0.523. The molecule has 0 saturated carbocycles. The largest absolute Gasteiger partial charge is 0.425 e. The first-order chi connectivity index (χ1) is 15.8. The third-order valence-electron chi connectivity index (χ3n) is 6.09. The first kappa shape index (κ1) is 25.4. The molecular weight excluding hydrogens is 420 g/mol. The van der Waals surface area contributed by atoms with Gasteiger partial charge in [-0.1, -0.05) is 108 Å². The van der Waals surface area contributed by atoms with Gasteiger partial charge >= 0.3 is 5.97 Å². The second-order valence-electron chi connectivity index (χ2n) is 11.2. The highest BCUT2D eigenvalue weighted by Gasteiger charge is 2.30. The lowest BCUT2D eigenvalue weighted by molar-refractivity contribution is -0.135. The normalized spacial score (nSPS) is 12.8. The molecule has 3 aromatic rings. The molecule has 0 aliphatic rings. The molecule has 178 valence electrons. The molecular formula is C31H36O3. The van der Waals surface area contributed by atoms with E-state index in [-0.39, 0.29) is 22.6 Å². The van der Waals surface area contributed by atoms with Crippen molar-refractivity contribution < 1.29 is 14.3 Å². The molecule has 0 fully saturated rings. The molecule has 0 aliphatic heterocycles. The van der Waals surface area contributed by atoms with Crippen molar-refractivity contribution in [1.29, 1.82) is 0 Å². The Morgan fingerprint density at radius 3 is 1.79 bits per heavy atom. The third-order valence-corrected chi connectivity index (χ3v) is 6.09. The first-order valence-electron chi connectivity index (χ1n) is 11.9. The molecule has 0 spiro atoms. The monoisotopic (exact) mass is 456 g/mol. The van der Waals surface area contributed by atoms with Crippen LogP contribution in [0.1, 0.15) is 92.6 Å². The van der Waals surface area contributed by atoms with E-state index in [4.69, 9.17) is 4.74 Å². The molecule has 0 heterocycles. The van der Waals surface area contributed by atoms with E-state index < -0.39 is 5.92 Å². The molecule has 3 rings (SSSR count). The maximum absolute atomic E-state index is 13.4. The summed E-state index contributed by atoms with van der Waals surface area (Å²) in [5, 5.41) is 0. The van der Waals surface area contributed by atoms with E-state index in [0.717, 1.165) is 22.3 Å². The average Bonchev–Trinajstić information content (AvgIpc) is 2.78. The fourth-order valence-corrected chi connectivity index (χ4v) is 4.03. The van der Waals surface area contributed by atoms with Gasteiger partial charge in [0.2, 0.25) is 0 Å². The molecule has 0 amide bonds. The zero-order valence-electron chi connectivity index (χ0n) is 21.7. The predicted octanol–water partition coefficient (Wildman–Crippen LogP) is 7.53. The van der Waals surface area contributed by atoms with Gasteiger partial charge in [0.05, 0.1) is 5.92 Å². The number of carbonyl (C=O) groups is 2. The number of carbonyl (C=O) groups excluding carboxylic acids is 2. The van der Waals surface area contributed by atoms with Crippen LogP contribution in [0.4, 0.5) is 0 Å². The summed E-state index contributed by atoms with van der Waals surface area (Å²) in [6.07, 6.45) is 0. The number of aryl methyl sites for hydroxylation is 1. The van der Waals surface area contributed by atoms with Gasteiger partial charge in [0.25, 0.3) is 0 Å². The number of ether oxygens (including phenoxy) is 1. The van der Waals surface area contributed by atoms with E-state index in [1.807, 2.05) is 37.3 Å². The fraction of sp³-hybridized carbons (Fsp3) is 0.355. The number of hydrogen-bond donors (Lipinski definition) is 0. The van der Waals surface area contributed by atoms with Crippen LogP contribution in [-0.4, -0.2) is 11.8 Å². The Morgan fingerprint density at radius 1 is 0.735 bits per heavy atom. The fourth-order valence-electron chi connectivity index (χ4n) is 4.03. The minimum absolute atomic E-state index is 0.0633. The van der Waals surface area contributed by atoms with Crippen molar-refractivity contribution in [1.82, 2.24) is 0 Å². The Kier molecular flexibility index (Phi) is 7.16. The third kappa shape index (κ3) is 5.64. The highest BCUT2D eigenvalue weighted by atomic mass is 16.5.